The maximum atomic E-state index is 11.9. The van der Waals surface area contributed by atoms with E-state index in [0.29, 0.717) is 11.3 Å². The molecule has 0 spiro atoms. The van der Waals surface area contributed by atoms with Crippen LogP contribution < -0.4 is 0 Å². The molecule has 0 N–H and O–H groups in total. The maximum absolute atomic E-state index is 11.9. The van der Waals surface area contributed by atoms with Crippen molar-refractivity contribution in [2.75, 3.05) is 12.0 Å². The van der Waals surface area contributed by atoms with Crippen LogP contribution in [-0.2, 0) is 9.84 Å². The summed E-state index contributed by atoms with van der Waals surface area (Å²) < 4.78 is 22.7. The molecule has 0 aromatic heterocycles. The van der Waals surface area contributed by atoms with Gasteiger partial charge in [0.15, 0.2) is 15.6 Å². The summed E-state index contributed by atoms with van der Waals surface area (Å²) in [5.74, 6) is 0.394. The fraction of sp³-hybridized carbons (Fsp3) is 0.133. The highest BCUT2D eigenvalue weighted by Gasteiger charge is 2.08. The van der Waals surface area contributed by atoms with Crippen molar-refractivity contribution in [1.29, 1.82) is 0 Å². The smallest absolute Gasteiger partial charge is 0.175 e. The van der Waals surface area contributed by atoms with E-state index in [1.54, 1.807) is 36.4 Å². The van der Waals surface area contributed by atoms with Crippen molar-refractivity contribution >= 4 is 27.4 Å². The Labute approximate surface area is 122 Å². The number of ketones is 1. The molecule has 0 aliphatic rings. The Balaban J connectivity index is 2.00. The average molecular weight is 306 g/mol. The van der Waals surface area contributed by atoms with Gasteiger partial charge in [0.2, 0.25) is 0 Å². The number of carbonyl (C=O) groups is 1. The third-order valence-corrected chi connectivity index (χ3v) is 4.86. The van der Waals surface area contributed by atoms with Gasteiger partial charge in [-0.25, -0.2) is 8.42 Å². The van der Waals surface area contributed by atoms with Crippen LogP contribution in [0, 0.1) is 0 Å². The summed E-state index contributed by atoms with van der Waals surface area (Å²) in [5.41, 5.74) is 0.688. The van der Waals surface area contributed by atoms with Gasteiger partial charge in [-0.2, -0.15) is 0 Å². The van der Waals surface area contributed by atoms with Gasteiger partial charge in [-0.05, 0) is 24.3 Å². The van der Waals surface area contributed by atoms with Gasteiger partial charge in [-0.3, -0.25) is 4.79 Å². The van der Waals surface area contributed by atoms with Crippen LogP contribution in [0.25, 0.3) is 0 Å². The fourth-order valence-electron chi connectivity index (χ4n) is 1.64. The zero-order chi connectivity index (χ0) is 14.6. The number of thioether (sulfide) groups is 1. The van der Waals surface area contributed by atoms with Gasteiger partial charge in [0.25, 0.3) is 0 Å². The standard InChI is InChI=1S/C15H14O3S2/c1-20(17,18)14-9-7-13(8-10-14)19-11-15(16)12-5-3-2-4-6-12/h2-10H,11H2,1H3. The Bertz CT molecular complexity index is 690. The number of rotatable bonds is 5. The van der Waals surface area contributed by atoms with Crippen molar-refractivity contribution in [3.05, 3.63) is 60.2 Å². The molecular weight excluding hydrogens is 292 g/mol. The lowest BCUT2D eigenvalue weighted by atomic mass is 10.2. The Hall–Kier alpha value is -1.59. The highest BCUT2D eigenvalue weighted by atomic mass is 32.2. The minimum Gasteiger partial charge on any atom is -0.293 e. The van der Waals surface area contributed by atoms with Crippen LogP contribution in [0.4, 0.5) is 0 Å². The summed E-state index contributed by atoms with van der Waals surface area (Å²) in [5, 5.41) is 0. The van der Waals surface area contributed by atoms with Gasteiger partial charge in [-0.1, -0.05) is 30.3 Å². The van der Waals surface area contributed by atoms with Gasteiger partial charge in [0, 0.05) is 16.7 Å². The number of carbonyl (C=O) groups excluding carboxylic acids is 1. The minimum absolute atomic E-state index is 0.0581. The molecular formula is C15H14O3S2. The fourth-order valence-corrected chi connectivity index (χ4v) is 3.06. The Morgan fingerprint density at radius 3 is 2.15 bits per heavy atom. The highest BCUT2D eigenvalue weighted by molar-refractivity contribution is 8.00. The molecule has 0 fully saturated rings. The summed E-state index contributed by atoms with van der Waals surface area (Å²) in [7, 11) is -3.17. The maximum Gasteiger partial charge on any atom is 0.175 e. The highest BCUT2D eigenvalue weighted by Crippen LogP contribution is 2.21. The van der Waals surface area contributed by atoms with Gasteiger partial charge in [0.05, 0.1) is 10.6 Å². The molecule has 0 amide bonds. The molecule has 20 heavy (non-hydrogen) atoms. The molecule has 0 aliphatic carbocycles. The lowest BCUT2D eigenvalue weighted by Crippen LogP contribution is -2.01. The van der Waals surface area contributed by atoms with Gasteiger partial charge < -0.3 is 0 Å². The molecule has 2 aromatic rings. The Morgan fingerprint density at radius 2 is 1.60 bits per heavy atom. The molecule has 0 heterocycles. The predicted octanol–water partition coefficient (Wildman–Crippen LogP) is 3.07. The summed E-state index contributed by atoms with van der Waals surface area (Å²) in [6, 6.07) is 15.7. The van der Waals surface area contributed by atoms with Crippen molar-refractivity contribution in [3.8, 4) is 0 Å². The molecule has 0 aliphatic heterocycles. The molecule has 2 rings (SSSR count). The van der Waals surface area contributed by atoms with E-state index < -0.39 is 9.84 Å². The van der Waals surface area contributed by atoms with Crippen molar-refractivity contribution < 1.29 is 13.2 Å². The van der Waals surface area contributed by atoms with Crippen LogP contribution in [0.1, 0.15) is 10.4 Å². The number of Topliss-reactive ketones (excluding diaryl/α,β-unsaturated/α-hetero) is 1. The van der Waals surface area contributed by atoms with Crippen LogP contribution >= 0.6 is 11.8 Å². The lowest BCUT2D eigenvalue weighted by molar-refractivity contribution is 0.102. The van der Waals surface area contributed by atoms with E-state index in [-0.39, 0.29) is 10.7 Å². The number of hydrogen-bond acceptors (Lipinski definition) is 4. The second-order valence-corrected chi connectivity index (χ2v) is 7.39. The third kappa shape index (κ3) is 3.95. The van der Waals surface area contributed by atoms with Crippen molar-refractivity contribution in [1.82, 2.24) is 0 Å². The third-order valence-electron chi connectivity index (χ3n) is 2.72. The quantitative estimate of drug-likeness (QED) is 0.629. The molecule has 0 atom stereocenters. The van der Waals surface area contributed by atoms with E-state index in [2.05, 4.69) is 0 Å². The monoisotopic (exact) mass is 306 g/mol. The van der Waals surface area contributed by atoms with E-state index in [9.17, 15) is 13.2 Å². The topological polar surface area (TPSA) is 51.2 Å². The molecule has 2 aromatic carbocycles. The minimum atomic E-state index is -3.17. The summed E-state index contributed by atoms with van der Waals surface area (Å²) in [6.07, 6.45) is 1.17. The SMILES string of the molecule is CS(=O)(=O)c1ccc(SCC(=O)c2ccccc2)cc1. The molecule has 104 valence electrons. The summed E-state index contributed by atoms with van der Waals surface area (Å²) >= 11 is 1.40. The van der Waals surface area contributed by atoms with E-state index >= 15 is 0 Å². The lowest BCUT2D eigenvalue weighted by Gasteiger charge is -2.03. The molecule has 0 saturated heterocycles. The second kappa shape index (κ2) is 6.24. The number of hydrogen-bond donors (Lipinski definition) is 0. The molecule has 3 nitrogen and oxygen atoms in total. The van der Waals surface area contributed by atoms with E-state index in [4.69, 9.17) is 0 Å². The molecule has 0 saturated carbocycles. The van der Waals surface area contributed by atoms with E-state index in [0.717, 1.165) is 4.90 Å². The van der Waals surface area contributed by atoms with Crippen LogP contribution in [0.15, 0.2) is 64.4 Å². The van der Waals surface area contributed by atoms with Crippen LogP contribution in [0.3, 0.4) is 0 Å². The van der Waals surface area contributed by atoms with Crippen molar-refractivity contribution in [3.63, 3.8) is 0 Å². The summed E-state index contributed by atoms with van der Waals surface area (Å²) in [6.45, 7) is 0. The first-order chi connectivity index (χ1) is 9.47. The van der Waals surface area contributed by atoms with E-state index in [1.807, 2.05) is 18.2 Å². The van der Waals surface area contributed by atoms with Gasteiger partial charge in [0.1, 0.15) is 0 Å². The number of sulfone groups is 1. The second-order valence-electron chi connectivity index (χ2n) is 4.32. The molecule has 0 bridgehead atoms. The van der Waals surface area contributed by atoms with E-state index in [1.165, 1.54) is 18.0 Å². The van der Waals surface area contributed by atoms with Crippen LogP contribution in [0.2, 0.25) is 0 Å². The molecule has 5 heteroatoms. The average Bonchev–Trinajstić information content (AvgIpc) is 2.45. The summed E-state index contributed by atoms with van der Waals surface area (Å²) in [4.78, 5) is 13.1. The van der Waals surface area contributed by atoms with Gasteiger partial charge >= 0.3 is 0 Å². The van der Waals surface area contributed by atoms with Crippen LogP contribution in [-0.4, -0.2) is 26.2 Å². The Kier molecular flexibility index (Phi) is 4.62. The first-order valence-electron chi connectivity index (χ1n) is 5.98. The first-order valence-corrected chi connectivity index (χ1v) is 8.86. The largest absolute Gasteiger partial charge is 0.293 e. The zero-order valence-electron chi connectivity index (χ0n) is 10.9. The Morgan fingerprint density at radius 1 is 1.00 bits per heavy atom. The van der Waals surface area contributed by atoms with Crippen LogP contribution in [0.5, 0.6) is 0 Å². The zero-order valence-corrected chi connectivity index (χ0v) is 12.6. The van der Waals surface area contributed by atoms with Crippen molar-refractivity contribution in [2.24, 2.45) is 0 Å². The normalized spacial score (nSPS) is 11.2. The van der Waals surface area contributed by atoms with Gasteiger partial charge in [-0.15, -0.1) is 11.8 Å². The number of benzene rings is 2. The molecule has 0 unspecified atom stereocenters. The first kappa shape index (κ1) is 14.8. The molecule has 0 radical (unpaired) electrons. The van der Waals surface area contributed by atoms with Crippen molar-refractivity contribution in [2.45, 2.75) is 9.79 Å². The predicted molar refractivity (Wildman–Crippen MR) is 81.0 cm³/mol.